The second kappa shape index (κ2) is 7.13. The summed E-state index contributed by atoms with van der Waals surface area (Å²) in [5.74, 6) is -0.638. The number of carbonyl (C=O) groups excluding carboxylic acids is 3. The number of carbonyl (C=O) groups is 3. The van der Waals surface area contributed by atoms with E-state index in [0.29, 0.717) is 6.54 Å². The van der Waals surface area contributed by atoms with Crippen LogP contribution in [-0.4, -0.2) is 35.7 Å². The summed E-state index contributed by atoms with van der Waals surface area (Å²) in [7, 11) is 0. The lowest BCUT2D eigenvalue weighted by molar-refractivity contribution is -0.139. The summed E-state index contributed by atoms with van der Waals surface area (Å²) in [6, 6.07) is 0. The van der Waals surface area contributed by atoms with Crippen LogP contribution >= 0.6 is 0 Å². The Kier molecular flexibility index (Phi) is 5.82. The molecule has 1 unspecified atom stereocenters. The second-order valence-electron chi connectivity index (χ2n) is 4.80. The highest BCUT2D eigenvalue weighted by Gasteiger charge is 2.35. The molecule has 1 fully saturated rings. The zero-order chi connectivity index (χ0) is 13.5. The Balaban J connectivity index is 2.22. The molecule has 0 aromatic rings. The highest BCUT2D eigenvalue weighted by molar-refractivity contribution is 6.03. The summed E-state index contributed by atoms with van der Waals surface area (Å²) in [4.78, 5) is 35.8. The second-order valence-corrected chi connectivity index (χ2v) is 4.80. The predicted octanol–water partition coefficient (Wildman–Crippen LogP) is 1.08. The zero-order valence-electron chi connectivity index (χ0n) is 11.2. The van der Waals surface area contributed by atoms with Crippen molar-refractivity contribution in [2.75, 3.05) is 13.1 Å². The molecule has 0 aromatic carbocycles. The molecule has 5 nitrogen and oxygen atoms in total. The van der Waals surface area contributed by atoms with Gasteiger partial charge in [0.2, 0.25) is 17.7 Å². The monoisotopic (exact) mass is 254 g/mol. The first-order valence-corrected chi connectivity index (χ1v) is 6.67. The van der Waals surface area contributed by atoms with Crippen molar-refractivity contribution in [3.8, 4) is 0 Å². The minimum Gasteiger partial charge on any atom is -0.356 e. The number of unbranched alkanes of at least 4 members (excludes halogenated alkanes) is 2. The van der Waals surface area contributed by atoms with Gasteiger partial charge >= 0.3 is 0 Å². The lowest BCUT2D eigenvalue weighted by atomic mass is 10.1. The largest absolute Gasteiger partial charge is 0.356 e. The minimum absolute atomic E-state index is 0.0914. The molecule has 0 bridgehead atoms. The number of rotatable bonds is 7. The van der Waals surface area contributed by atoms with Crippen LogP contribution in [0.25, 0.3) is 0 Å². The molecule has 1 N–H and O–H groups in total. The van der Waals surface area contributed by atoms with Gasteiger partial charge in [-0.15, -0.1) is 0 Å². The number of likely N-dealkylation sites (tertiary alicyclic amines) is 1. The molecular weight excluding hydrogens is 232 g/mol. The maximum absolute atomic E-state index is 11.6. The van der Waals surface area contributed by atoms with Gasteiger partial charge in [0.05, 0.1) is 0 Å². The van der Waals surface area contributed by atoms with Crippen LogP contribution in [0, 0.1) is 5.92 Å². The van der Waals surface area contributed by atoms with Crippen LogP contribution in [0.15, 0.2) is 0 Å². The molecule has 1 atom stereocenters. The van der Waals surface area contributed by atoms with E-state index in [-0.39, 0.29) is 43.0 Å². The molecule has 1 aliphatic heterocycles. The molecule has 0 aromatic heterocycles. The summed E-state index contributed by atoms with van der Waals surface area (Å²) in [6.07, 6.45) is 3.67. The average Bonchev–Trinajstić information content (AvgIpc) is 2.57. The fraction of sp³-hybridized carbons (Fsp3) is 0.769. The smallest absolute Gasteiger partial charge is 0.232 e. The lowest BCUT2D eigenvalue weighted by Crippen LogP contribution is -2.35. The summed E-state index contributed by atoms with van der Waals surface area (Å²) in [6.45, 7) is 4.73. The highest BCUT2D eigenvalue weighted by Crippen LogP contribution is 2.18. The predicted molar refractivity (Wildman–Crippen MR) is 67.7 cm³/mol. The van der Waals surface area contributed by atoms with Crippen LogP contribution in [0.1, 0.15) is 46.0 Å². The normalized spacial score (nSPS) is 19.4. The summed E-state index contributed by atoms with van der Waals surface area (Å²) >= 11 is 0. The fourth-order valence-corrected chi connectivity index (χ4v) is 1.99. The average molecular weight is 254 g/mol. The van der Waals surface area contributed by atoms with Crippen molar-refractivity contribution < 1.29 is 14.4 Å². The molecular formula is C13H22N2O3. The molecule has 0 radical (unpaired) electrons. The Morgan fingerprint density at radius 2 is 2.11 bits per heavy atom. The minimum atomic E-state index is -0.231. The molecule has 0 saturated carbocycles. The van der Waals surface area contributed by atoms with Crippen LogP contribution in [0.4, 0.5) is 0 Å². The number of imide groups is 1. The fourth-order valence-electron chi connectivity index (χ4n) is 1.99. The van der Waals surface area contributed by atoms with Gasteiger partial charge in [0.15, 0.2) is 0 Å². The van der Waals surface area contributed by atoms with E-state index in [1.165, 1.54) is 4.90 Å². The van der Waals surface area contributed by atoms with Crippen LogP contribution in [0.3, 0.4) is 0 Å². The van der Waals surface area contributed by atoms with Crippen molar-refractivity contribution in [3.05, 3.63) is 0 Å². The van der Waals surface area contributed by atoms with Gasteiger partial charge in [-0.05, 0) is 6.42 Å². The summed E-state index contributed by atoms with van der Waals surface area (Å²) < 4.78 is 0. The van der Waals surface area contributed by atoms with Crippen molar-refractivity contribution >= 4 is 17.7 Å². The summed E-state index contributed by atoms with van der Waals surface area (Å²) in [5.41, 5.74) is 0. The molecule has 1 aliphatic rings. The molecule has 1 saturated heterocycles. The first-order chi connectivity index (χ1) is 8.56. The molecule has 102 valence electrons. The van der Waals surface area contributed by atoms with Gasteiger partial charge in [0, 0.05) is 31.8 Å². The number of hydrogen-bond donors (Lipinski definition) is 1. The Morgan fingerprint density at radius 1 is 1.39 bits per heavy atom. The van der Waals surface area contributed by atoms with Crippen molar-refractivity contribution in [2.45, 2.75) is 46.0 Å². The topological polar surface area (TPSA) is 66.5 Å². The molecule has 5 heteroatoms. The van der Waals surface area contributed by atoms with Gasteiger partial charge in [-0.25, -0.2) is 0 Å². The van der Waals surface area contributed by atoms with Crippen LogP contribution < -0.4 is 5.32 Å². The van der Waals surface area contributed by atoms with Crippen molar-refractivity contribution in [2.24, 2.45) is 5.92 Å². The van der Waals surface area contributed by atoms with Crippen molar-refractivity contribution in [1.29, 1.82) is 0 Å². The maximum atomic E-state index is 11.6. The van der Waals surface area contributed by atoms with Crippen molar-refractivity contribution in [3.63, 3.8) is 0 Å². The Hall–Kier alpha value is -1.39. The van der Waals surface area contributed by atoms with Gasteiger partial charge < -0.3 is 5.32 Å². The quantitative estimate of drug-likeness (QED) is 0.546. The SMILES string of the molecule is CCCCCNC(=O)CCN1C(=O)CC(C)C1=O. The van der Waals surface area contributed by atoms with E-state index in [0.717, 1.165) is 19.3 Å². The van der Waals surface area contributed by atoms with E-state index < -0.39 is 0 Å². The molecule has 3 amide bonds. The van der Waals surface area contributed by atoms with Crippen LogP contribution in [-0.2, 0) is 14.4 Å². The number of nitrogens with one attached hydrogen (secondary N) is 1. The number of hydrogen-bond acceptors (Lipinski definition) is 3. The molecule has 1 rings (SSSR count). The molecule has 18 heavy (non-hydrogen) atoms. The number of amides is 3. The Bertz CT molecular complexity index is 328. The maximum Gasteiger partial charge on any atom is 0.232 e. The van der Waals surface area contributed by atoms with E-state index in [4.69, 9.17) is 0 Å². The highest BCUT2D eigenvalue weighted by atomic mass is 16.2. The first-order valence-electron chi connectivity index (χ1n) is 6.67. The Morgan fingerprint density at radius 3 is 2.67 bits per heavy atom. The number of nitrogens with zero attached hydrogens (tertiary/aromatic N) is 1. The molecule has 0 spiro atoms. The first kappa shape index (κ1) is 14.7. The third kappa shape index (κ3) is 4.13. The molecule has 1 heterocycles. The van der Waals surface area contributed by atoms with Gasteiger partial charge in [-0.2, -0.15) is 0 Å². The standard InChI is InChI=1S/C13H22N2O3/c1-3-4-5-7-14-11(16)6-8-15-12(17)9-10(2)13(15)18/h10H,3-9H2,1-2H3,(H,14,16). The van der Waals surface area contributed by atoms with Gasteiger partial charge in [-0.1, -0.05) is 26.7 Å². The molecule has 0 aliphatic carbocycles. The van der Waals surface area contributed by atoms with Gasteiger partial charge in [0.25, 0.3) is 0 Å². The zero-order valence-corrected chi connectivity index (χ0v) is 11.2. The van der Waals surface area contributed by atoms with Gasteiger partial charge in [0.1, 0.15) is 0 Å². The third-order valence-corrected chi connectivity index (χ3v) is 3.13. The van der Waals surface area contributed by atoms with Crippen molar-refractivity contribution in [1.82, 2.24) is 10.2 Å². The van der Waals surface area contributed by atoms with Gasteiger partial charge in [-0.3, -0.25) is 19.3 Å². The van der Waals surface area contributed by atoms with Crippen LogP contribution in [0.5, 0.6) is 0 Å². The van der Waals surface area contributed by atoms with E-state index in [1.807, 2.05) is 0 Å². The summed E-state index contributed by atoms with van der Waals surface area (Å²) in [5, 5.41) is 2.79. The third-order valence-electron chi connectivity index (χ3n) is 3.13. The van der Waals surface area contributed by atoms with E-state index in [1.54, 1.807) is 6.92 Å². The van der Waals surface area contributed by atoms with E-state index in [2.05, 4.69) is 12.2 Å². The van der Waals surface area contributed by atoms with E-state index in [9.17, 15) is 14.4 Å². The Labute approximate surface area is 108 Å². The lowest BCUT2D eigenvalue weighted by Gasteiger charge is -2.13. The van der Waals surface area contributed by atoms with Crippen LogP contribution in [0.2, 0.25) is 0 Å². The van der Waals surface area contributed by atoms with E-state index >= 15 is 0 Å².